The van der Waals surface area contributed by atoms with Crippen molar-refractivity contribution in [2.45, 2.75) is 32.4 Å². The van der Waals surface area contributed by atoms with E-state index in [1.807, 2.05) is 25.1 Å². The predicted molar refractivity (Wildman–Crippen MR) is 118 cm³/mol. The number of rotatable bonds is 4. The van der Waals surface area contributed by atoms with E-state index in [-0.39, 0.29) is 5.95 Å². The van der Waals surface area contributed by atoms with E-state index in [9.17, 15) is 0 Å². The number of likely N-dealkylation sites (tertiary alicyclic amines) is 1. The summed E-state index contributed by atoms with van der Waals surface area (Å²) in [4.78, 5) is 15.1. The summed E-state index contributed by atoms with van der Waals surface area (Å²) < 4.78 is 0.890. The van der Waals surface area contributed by atoms with Crippen LogP contribution in [0.5, 0.6) is 0 Å². The van der Waals surface area contributed by atoms with Crippen molar-refractivity contribution in [3.8, 4) is 0 Å². The van der Waals surface area contributed by atoms with Crippen LogP contribution in [0.3, 0.4) is 0 Å². The first kappa shape index (κ1) is 20.1. The lowest BCUT2D eigenvalue weighted by Crippen LogP contribution is -2.35. The summed E-state index contributed by atoms with van der Waals surface area (Å²) in [5.41, 5.74) is 7.63. The van der Waals surface area contributed by atoms with Crippen molar-refractivity contribution in [3.05, 3.63) is 34.6 Å². The second-order valence-electron chi connectivity index (χ2n) is 6.69. The number of thiocarbonyl (C=S) groups is 1. The lowest BCUT2D eigenvalue weighted by Gasteiger charge is -2.31. The second-order valence-corrected chi connectivity index (χ2v) is 8.71. The third-order valence-corrected chi connectivity index (χ3v) is 6.51. The van der Waals surface area contributed by atoms with Crippen LogP contribution in [0.1, 0.15) is 31.2 Å². The average Bonchev–Trinajstić information content (AvgIpc) is 2.64. The monoisotopic (exact) mass is 422 g/mol. The maximum Gasteiger partial charge on any atom is 0.232 e. The molecule has 0 amide bonds. The molecule has 0 radical (unpaired) electrons. The molecule has 1 aliphatic heterocycles. The minimum Gasteiger partial charge on any atom is -0.368 e. The molecule has 0 aliphatic carbocycles. The van der Waals surface area contributed by atoms with Gasteiger partial charge in [-0.15, -0.1) is 0 Å². The van der Waals surface area contributed by atoms with Crippen molar-refractivity contribution in [1.29, 1.82) is 0 Å². The minimum absolute atomic E-state index is 0.181. The number of nitrogens with one attached hydrogen (secondary N) is 1. The highest BCUT2D eigenvalue weighted by Gasteiger charge is 2.18. The Bertz CT molecular complexity index is 823. The lowest BCUT2D eigenvalue weighted by molar-refractivity contribution is 0.287. The van der Waals surface area contributed by atoms with Crippen molar-refractivity contribution in [2.24, 2.45) is 5.92 Å². The first-order valence-electron chi connectivity index (χ1n) is 8.86. The Kier molecular flexibility index (Phi) is 6.73. The van der Waals surface area contributed by atoms with E-state index < -0.39 is 0 Å². The summed E-state index contributed by atoms with van der Waals surface area (Å²) in [6.07, 6.45) is 2.37. The predicted octanol–water partition coefficient (Wildman–Crippen LogP) is 4.41. The van der Waals surface area contributed by atoms with Gasteiger partial charge in [-0.2, -0.15) is 15.0 Å². The first-order chi connectivity index (χ1) is 12.9. The molecule has 1 fully saturated rings. The molecule has 2 heterocycles. The molecule has 0 spiro atoms. The molecule has 0 saturated carbocycles. The molecule has 144 valence electrons. The largest absolute Gasteiger partial charge is 0.368 e. The third kappa shape index (κ3) is 5.43. The van der Waals surface area contributed by atoms with E-state index in [1.54, 1.807) is 11.8 Å². The number of benzene rings is 1. The number of anilines is 3. The zero-order valence-corrected chi connectivity index (χ0v) is 17.8. The number of hydrogen-bond donors (Lipinski definition) is 2. The van der Waals surface area contributed by atoms with Crippen molar-refractivity contribution in [2.75, 3.05) is 24.1 Å². The molecule has 1 aliphatic rings. The highest BCUT2D eigenvalue weighted by molar-refractivity contribution is 8.22. The highest BCUT2D eigenvalue weighted by atomic mass is 35.5. The molecular formula is C18H23ClN6S2. The molecular weight excluding hydrogens is 400 g/mol. The Morgan fingerprint density at radius 1 is 1.33 bits per heavy atom. The van der Waals surface area contributed by atoms with Crippen LogP contribution < -0.4 is 11.1 Å². The number of aromatic nitrogens is 3. The number of nitrogens with two attached hydrogens (primary N) is 1. The second kappa shape index (κ2) is 9.03. The molecule has 1 saturated heterocycles. The van der Waals surface area contributed by atoms with E-state index in [2.05, 4.69) is 32.1 Å². The molecule has 6 nitrogen and oxygen atoms in total. The number of nitrogens with zero attached hydrogens (tertiary/aromatic N) is 4. The van der Waals surface area contributed by atoms with Crippen LogP contribution in [-0.4, -0.2) is 37.3 Å². The average molecular weight is 423 g/mol. The number of piperidine rings is 1. The Balaban J connectivity index is 1.65. The topological polar surface area (TPSA) is 80.0 Å². The van der Waals surface area contributed by atoms with Crippen LogP contribution in [0.2, 0.25) is 5.02 Å². The molecule has 3 N–H and O–H groups in total. The van der Waals surface area contributed by atoms with Gasteiger partial charge in [0.25, 0.3) is 0 Å². The van der Waals surface area contributed by atoms with Gasteiger partial charge in [0.15, 0.2) is 0 Å². The van der Waals surface area contributed by atoms with Gasteiger partial charge in [-0.25, -0.2) is 0 Å². The molecule has 1 aromatic carbocycles. The smallest absolute Gasteiger partial charge is 0.232 e. The molecule has 0 bridgehead atoms. The van der Waals surface area contributed by atoms with Crippen molar-refractivity contribution >= 4 is 57.5 Å². The van der Waals surface area contributed by atoms with Crippen LogP contribution in [0.25, 0.3) is 0 Å². The number of thioether (sulfide) groups is 1. The van der Waals surface area contributed by atoms with Gasteiger partial charge in [0.05, 0.1) is 5.75 Å². The van der Waals surface area contributed by atoms with E-state index in [4.69, 9.17) is 29.6 Å². The van der Waals surface area contributed by atoms with Crippen molar-refractivity contribution in [3.63, 3.8) is 0 Å². The maximum absolute atomic E-state index is 6.17. The van der Waals surface area contributed by atoms with E-state index in [0.29, 0.717) is 22.5 Å². The van der Waals surface area contributed by atoms with Crippen LogP contribution in [0, 0.1) is 12.8 Å². The lowest BCUT2D eigenvalue weighted by atomic mass is 10.00. The Morgan fingerprint density at radius 3 is 2.81 bits per heavy atom. The van der Waals surface area contributed by atoms with Gasteiger partial charge in [0.2, 0.25) is 11.9 Å². The number of hydrogen-bond acceptors (Lipinski definition) is 7. The third-order valence-electron chi connectivity index (χ3n) is 4.58. The van der Waals surface area contributed by atoms with Gasteiger partial charge in [-0.1, -0.05) is 48.6 Å². The molecule has 2 aromatic rings. The summed E-state index contributed by atoms with van der Waals surface area (Å²) in [6, 6.07) is 5.63. The fraction of sp³-hybridized carbons (Fsp3) is 0.444. The normalized spacial score (nSPS) is 15.0. The van der Waals surface area contributed by atoms with Gasteiger partial charge in [-0.3, -0.25) is 0 Å². The maximum atomic E-state index is 6.17. The Morgan fingerprint density at radius 2 is 2.07 bits per heavy atom. The zero-order chi connectivity index (χ0) is 19.4. The quantitative estimate of drug-likeness (QED) is 0.701. The molecule has 27 heavy (non-hydrogen) atoms. The van der Waals surface area contributed by atoms with E-state index in [1.165, 1.54) is 12.8 Å². The molecule has 9 heteroatoms. The van der Waals surface area contributed by atoms with E-state index >= 15 is 0 Å². The van der Waals surface area contributed by atoms with Gasteiger partial charge in [0.1, 0.15) is 10.1 Å². The summed E-state index contributed by atoms with van der Waals surface area (Å²) in [7, 11) is 0. The molecule has 0 atom stereocenters. The Hall–Kier alpha value is -1.64. The highest BCUT2D eigenvalue weighted by Crippen LogP contribution is 2.26. The Labute approximate surface area is 174 Å². The minimum atomic E-state index is 0.181. The summed E-state index contributed by atoms with van der Waals surface area (Å²) in [5, 5.41) is 3.85. The SMILES string of the molecule is Cc1c(Cl)cccc1Nc1nc(N)nc(CSC(=S)N2CCC(C)CC2)n1. The van der Waals surface area contributed by atoms with Gasteiger partial charge in [-0.05, 0) is 43.4 Å². The standard InChI is InChI=1S/C18H23ClN6S2/c1-11-6-8-25(9-7-11)18(26)27-10-15-22-16(20)24-17(23-15)21-14-5-3-4-13(19)12(14)2/h3-5,11H,6-10H2,1-2H3,(H3,20,21,22,23,24). The van der Waals surface area contributed by atoms with Crippen LogP contribution in [0.4, 0.5) is 17.6 Å². The fourth-order valence-electron chi connectivity index (χ4n) is 2.83. The number of halogens is 1. The summed E-state index contributed by atoms with van der Waals surface area (Å²) in [5.74, 6) is 2.52. The van der Waals surface area contributed by atoms with Crippen LogP contribution >= 0.6 is 35.6 Å². The molecule has 1 aromatic heterocycles. The van der Waals surface area contributed by atoms with Gasteiger partial charge < -0.3 is 16.0 Å². The molecule has 3 rings (SSSR count). The summed E-state index contributed by atoms with van der Waals surface area (Å²) >= 11 is 13.3. The van der Waals surface area contributed by atoms with Crippen LogP contribution in [0.15, 0.2) is 18.2 Å². The molecule has 0 unspecified atom stereocenters. The van der Waals surface area contributed by atoms with Gasteiger partial charge >= 0.3 is 0 Å². The zero-order valence-electron chi connectivity index (χ0n) is 15.4. The van der Waals surface area contributed by atoms with Gasteiger partial charge in [0, 0.05) is 23.8 Å². The van der Waals surface area contributed by atoms with Crippen LogP contribution in [-0.2, 0) is 5.75 Å². The first-order valence-corrected chi connectivity index (χ1v) is 10.6. The number of nitrogen functional groups attached to an aromatic ring is 1. The van der Waals surface area contributed by atoms with E-state index in [0.717, 1.165) is 34.6 Å². The van der Waals surface area contributed by atoms with Crippen molar-refractivity contribution < 1.29 is 0 Å². The summed E-state index contributed by atoms with van der Waals surface area (Å²) in [6.45, 7) is 6.27. The fourth-order valence-corrected chi connectivity index (χ4v) is 4.11. The van der Waals surface area contributed by atoms with Crippen molar-refractivity contribution in [1.82, 2.24) is 19.9 Å².